The molecule has 0 saturated heterocycles. The molecule has 0 unspecified atom stereocenters. The van der Waals surface area contributed by atoms with Gasteiger partial charge in [-0.3, -0.25) is 4.79 Å². The molecule has 7 heteroatoms. The first-order chi connectivity index (χ1) is 15.5. The van der Waals surface area contributed by atoms with Gasteiger partial charge in [0.2, 0.25) is 0 Å². The second kappa shape index (κ2) is 9.51. The van der Waals surface area contributed by atoms with Crippen molar-refractivity contribution in [2.45, 2.75) is 58.0 Å². The van der Waals surface area contributed by atoms with Crippen molar-refractivity contribution < 1.29 is 14.3 Å². The number of benzene rings is 1. The normalized spacial score (nSPS) is 14.6. The number of esters is 1. The number of amides is 1. The Kier molecular flexibility index (Phi) is 6.53. The first-order valence-electron chi connectivity index (χ1n) is 11.3. The summed E-state index contributed by atoms with van der Waals surface area (Å²) in [6, 6.07) is 11.7. The van der Waals surface area contributed by atoms with Gasteiger partial charge in [-0.1, -0.05) is 49.6 Å². The van der Waals surface area contributed by atoms with Crippen LogP contribution >= 0.6 is 0 Å². The van der Waals surface area contributed by atoms with E-state index in [1.165, 1.54) is 6.42 Å². The summed E-state index contributed by atoms with van der Waals surface area (Å²) in [5, 5.41) is 5.05. The zero-order valence-electron chi connectivity index (χ0n) is 19.0. The highest BCUT2D eigenvalue weighted by atomic mass is 16.5. The maximum Gasteiger partial charge on any atom is 0.339 e. The largest absolute Gasteiger partial charge is 0.452 e. The fraction of sp³-hybridized carbons (Fsp3) is 0.440. The van der Waals surface area contributed by atoms with Gasteiger partial charge in [-0.2, -0.15) is 5.10 Å². The van der Waals surface area contributed by atoms with E-state index in [9.17, 15) is 9.59 Å². The van der Waals surface area contributed by atoms with Gasteiger partial charge in [-0.05, 0) is 32.8 Å². The number of carbonyl (C=O) groups excluding carboxylic acids is 2. The Labute approximate surface area is 188 Å². The van der Waals surface area contributed by atoms with Crippen LogP contribution in [0.2, 0.25) is 0 Å². The smallest absolute Gasteiger partial charge is 0.339 e. The highest BCUT2D eigenvalue weighted by Crippen LogP contribution is 2.27. The third-order valence-corrected chi connectivity index (χ3v) is 6.19. The van der Waals surface area contributed by atoms with Crippen LogP contribution in [0.25, 0.3) is 22.3 Å². The van der Waals surface area contributed by atoms with Crippen molar-refractivity contribution in [2.24, 2.45) is 0 Å². The van der Waals surface area contributed by atoms with E-state index in [-0.39, 0.29) is 24.6 Å². The lowest BCUT2D eigenvalue weighted by Gasteiger charge is -2.31. The Morgan fingerprint density at radius 3 is 2.56 bits per heavy atom. The molecule has 2 aromatic heterocycles. The quantitative estimate of drug-likeness (QED) is 0.529. The summed E-state index contributed by atoms with van der Waals surface area (Å²) in [7, 11) is 1.80. The SMILES string of the molecule is CC(C)n1ncc2c(C(=O)OCC(=O)N(C)C3CCCCC3)cc(-c3ccccc3)nc21. The first-order valence-corrected chi connectivity index (χ1v) is 11.3. The molecule has 1 aliphatic rings. The zero-order chi connectivity index (χ0) is 22.7. The van der Waals surface area contributed by atoms with Crippen molar-refractivity contribution in [3.8, 4) is 11.3 Å². The molecule has 0 bridgehead atoms. The molecule has 32 heavy (non-hydrogen) atoms. The van der Waals surface area contributed by atoms with E-state index in [1.807, 2.05) is 44.2 Å². The summed E-state index contributed by atoms with van der Waals surface area (Å²) in [6.45, 7) is 3.76. The van der Waals surface area contributed by atoms with E-state index < -0.39 is 5.97 Å². The summed E-state index contributed by atoms with van der Waals surface area (Å²) < 4.78 is 7.27. The number of carbonyl (C=O) groups is 2. The first kappa shape index (κ1) is 22.0. The van der Waals surface area contributed by atoms with E-state index in [1.54, 1.807) is 28.9 Å². The van der Waals surface area contributed by atoms with Gasteiger partial charge in [-0.15, -0.1) is 0 Å². The lowest BCUT2D eigenvalue weighted by molar-refractivity contribution is -0.135. The Morgan fingerprint density at radius 1 is 1.16 bits per heavy atom. The van der Waals surface area contributed by atoms with E-state index in [2.05, 4.69) is 5.10 Å². The molecule has 0 radical (unpaired) electrons. The number of hydrogen-bond donors (Lipinski definition) is 0. The lowest BCUT2D eigenvalue weighted by atomic mass is 9.94. The molecule has 3 aromatic rings. The Balaban J connectivity index is 1.59. The van der Waals surface area contributed by atoms with Crippen molar-refractivity contribution in [1.29, 1.82) is 0 Å². The van der Waals surface area contributed by atoms with Crippen LogP contribution in [0, 0.1) is 0 Å². The van der Waals surface area contributed by atoms with E-state index in [0.717, 1.165) is 31.2 Å². The van der Waals surface area contributed by atoms with Gasteiger partial charge < -0.3 is 9.64 Å². The number of aromatic nitrogens is 3. The van der Waals surface area contributed by atoms with Crippen molar-refractivity contribution in [3.63, 3.8) is 0 Å². The summed E-state index contributed by atoms with van der Waals surface area (Å²) in [6.07, 6.45) is 7.16. The van der Waals surface area contributed by atoms with Crippen LogP contribution in [0.4, 0.5) is 0 Å². The Hall–Kier alpha value is -3.22. The Morgan fingerprint density at radius 2 is 1.88 bits per heavy atom. The minimum absolute atomic E-state index is 0.0839. The van der Waals surface area contributed by atoms with Crippen molar-refractivity contribution in [2.75, 3.05) is 13.7 Å². The van der Waals surface area contributed by atoms with Crippen LogP contribution in [0.5, 0.6) is 0 Å². The van der Waals surface area contributed by atoms with Crippen molar-refractivity contribution in [3.05, 3.63) is 48.2 Å². The second-order valence-corrected chi connectivity index (χ2v) is 8.71. The van der Waals surface area contributed by atoms with Crippen LogP contribution in [-0.2, 0) is 9.53 Å². The van der Waals surface area contributed by atoms with Gasteiger partial charge in [0.05, 0.1) is 22.8 Å². The molecule has 2 heterocycles. The number of nitrogens with zero attached hydrogens (tertiary/aromatic N) is 4. The Bertz CT molecular complexity index is 1100. The van der Waals surface area contributed by atoms with Gasteiger partial charge in [0.15, 0.2) is 12.3 Å². The molecular weight excluding hydrogens is 404 g/mol. The molecule has 1 saturated carbocycles. The molecule has 0 spiro atoms. The molecule has 1 amide bonds. The highest BCUT2D eigenvalue weighted by Gasteiger charge is 2.24. The minimum atomic E-state index is -0.539. The molecule has 7 nitrogen and oxygen atoms in total. The van der Waals surface area contributed by atoms with E-state index in [4.69, 9.17) is 9.72 Å². The number of rotatable bonds is 6. The minimum Gasteiger partial charge on any atom is -0.452 e. The standard InChI is InChI=1S/C25H30N4O3/c1-17(2)29-24-21(15-26-29)20(14-22(27-24)18-10-6-4-7-11-18)25(31)32-16-23(30)28(3)19-12-8-5-9-13-19/h4,6-7,10-11,14-15,17,19H,5,8-9,12-13,16H2,1-3H3. The van der Waals surface area contributed by atoms with Crippen LogP contribution in [-0.4, -0.2) is 51.2 Å². The number of ether oxygens (including phenoxy) is 1. The van der Waals surface area contributed by atoms with Crippen LogP contribution in [0.15, 0.2) is 42.6 Å². The summed E-state index contributed by atoms with van der Waals surface area (Å²) in [5.74, 6) is -0.708. The number of hydrogen-bond acceptors (Lipinski definition) is 5. The van der Waals surface area contributed by atoms with E-state index >= 15 is 0 Å². The summed E-state index contributed by atoms with van der Waals surface area (Å²) in [4.78, 5) is 32.2. The van der Waals surface area contributed by atoms with Gasteiger partial charge in [0.1, 0.15) is 0 Å². The van der Waals surface area contributed by atoms with Gasteiger partial charge >= 0.3 is 5.97 Å². The van der Waals surface area contributed by atoms with E-state index in [0.29, 0.717) is 22.3 Å². The van der Waals surface area contributed by atoms with Crippen molar-refractivity contribution in [1.82, 2.24) is 19.7 Å². The maximum absolute atomic E-state index is 13.1. The van der Waals surface area contributed by atoms with Crippen LogP contribution in [0.1, 0.15) is 62.4 Å². The summed E-state index contributed by atoms with van der Waals surface area (Å²) in [5.41, 5.74) is 2.55. The molecule has 1 aliphatic carbocycles. The van der Waals surface area contributed by atoms with Gasteiger partial charge in [0, 0.05) is 24.7 Å². The van der Waals surface area contributed by atoms with Crippen LogP contribution in [0.3, 0.4) is 0 Å². The number of likely N-dealkylation sites (N-methyl/N-ethyl adjacent to an activating group) is 1. The summed E-state index contributed by atoms with van der Waals surface area (Å²) >= 11 is 0. The molecular formula is C25H30N4O3. The number of fused-ring (bicyclic) bond motifs is 1. The third-order valence-electron chi connectivity index (χ3n) is 6.19. The maximum atomic E-state index is 13.1. The fourth-order valence-electron chi connectivity index (χ4n) is 4.30. The number of pyridine rings is 1. The molecule has 168 valence electrons. The van der Waals surface area contributed by atoms with Crippen LogP contribution < -0.4 is 0 Å². The predicted molar refractivity (Wildman–Crippen MR) is 123 cm³/mol. The molecule has 4 rings (SSSR count). The average molecular weight is 435 g/mol. The van der Waals surface area contributed by atoms with Gasteiger partial charge in [0.25, 0.3) is 5.91 Å². The fourth-order valence-corrected chi connectivity index (χ4v) is 4.30. The second-order valence-electron chi connectivity index (χ2n) is 8.71. The zero-order valence-corrected chi connectivity index (χ0v) is 19.0. The molecule has 0 aliphatic heterocycles. The van der Waals surface area contributed by atoms with Gasteiger partial charge in [-0.25, -0.2) is 14.5 Å². The average Bonchev–Trinajstić information content (AvgIpc) is 3.26. The molecule has 1 aromatic carbocycles. The molecule has 1 fully saturated rings. The predicted octanol–water partition coefficient (Wildman–Crippen LogP) is 4.63. The highest BCUT2D eigenvalue weighted by molar-refractivity contribution is 6.04. The van der Waals surface area contributed by atoms with Crippen molar-refractivity contribution >= 4 is 22.9 Å². The lowest BCUT2D eigenvalue weighted by Crippen LogP contribution is -2.40. The third kappa shape index (κ3) is 4.52. The molecule has 0 N–H and O–H groups in total. The monoisotopic (exact) mass is 434 g/mol. The molecule has 0 atom stereocenters. The topological polar surface area (TPSA) is 77.3 Å².